The summed E-state index contributed by atoms with van der Waals surface area (Å²) in [5, 5.41) is 0. The molecule has 0 saturated heterocycles. The molecule has 0 radical (unpaired) electrons. The van der Waals surface area contributed by atoms with Gasteiger partial charge in [-0.25, -0.2) is 0 Å². The first kappa shape index (κ1) is 10.7. The van der Waals surface area contributed by atoms with Gasteiger partial charge in [0.25, 0.3) is 0 Å². The van der Waals surface area contributed by atoms with Crippen LogP contribution >= 0.6 is 0 Å². The standard InChI is InChI=1S/C11H20O2/c1-3-10-6-4-5-7-11(10)13-8-9(2)12/h10-11H,3-8H2,1-2H3. The number of Topliss-reactive ketones (excluding diaryl/α,β-unsaturated/α-hetero) is 1. The number of hydrogen-bond acceptors (Lipinski definition) is 2. The van der Waals surface area contributed by atoms with E-state index in [0.29, 0.717) is 18.6 Å². The average molecular weight is 184 g/mol. The van der Waals surface area contributed by atoms with Crippen molar-refractivity contribution in [2.24, 2.45) is 5.92 Å². The molecule has 0 aromatic carbocycles. The lowest BCUT2D eigenvalue weighted by Crippen LogP contribution is -2.28. The Labute approximate surface area is 80.7 Å². The molecule has 1 aliphatic carbocycles. The Balaban J connectivity index is 2.31. The van der Waals surface area contributed by atoms with E-state index in [-0.39, 0.29) is 5.78 Å². The average Bonchev–Trinajstić information content (AvgIpc) is 2.15. The van der Waals surface area contributed by atoms with Crippen LogP contribution < -0.4 is 0 Å². The monoisotopic (exact) mass is 184 g/mol. The molecule has 13 heavy (non-hydrogen) atoms. The molecule has 1 aliphatic rings. The van der Waals surface area contributed by atoms with E-state index in [4.69, 9.17) is 4.74 Å². The van der Waals surface area contributed by atoms with Gasteiger partial charge in [0, 0.05) is 0 Å². The van der Waals surface area contributed by atoms with E-state index in [1.807, 2.05) is 0 Å². The third kappa shape index (κ3) is 3.47. The van der Waals surface area contributed by atoms with Gasteiger partial charge in [0.15, 0.2) is 5.78 Å². The number of hydrogen-bond donors (Lipinski definition) is 0. The maximum absolute atomic E-state index is 10.8. The Hall–Kier alpha value is -0.370. The summed E-state index contributed by atoms with van der Waals surface area (Å²) in [6.07, 6.45) is 6.55. The molecule has 2 unspecified atom stereocenters. The molecule has 2 atom stereocenters. The summed E-state index contributed by atoms with van der Waals surface area (Å²) in [5.74, 6) is 0.827. The van der Waals surface area contributed by atoms with E-state index in [2.05, 4.69) is 6.92 Å². The van der Waals surface area contributed by atoms with Gasteiger partial charge in [0.1, 0.15) is 6.61 Å². The van der Waals surface area contributed by atoms with E-state index in [1.54, 1.807) is 6.92 Å². The minimum absolute atomic E-state index is 0.139. The number of carbonyl (C=O) groups is 1. The van der Waals surface area contributed by atoms with E-state index >= 15 is 0 Å². The van der Waals surface area contributed by atoms with Crippen LogP contribution in [0.1, 0.15) is 46.0 Å². The molecule has 1 rings (SSSR count). The van der Waals surface area contributed by atoms with Gasteiger partial charge in [0.2, 0.25) is 0 Å². The first-order chi connectivity index (χ1) is 6.24. The van der Waals surface area contributed by atoms with Gasteiger partial charge < -0.3 is 4.74 Å². The van der Waals surface area contributed by atoms with Crippen LogP contribution in [-0.2, 0) is 9.53 Å². The first-order valence-electron chi connectivity index (χ1n) is 5.35. The van der Waals surface area contributed by atoms with E-state index < -0.39 is 0 Å². The quantitative estimate of drug-likeness (QED) is 0.671. The zero-order valence-corrected chi connectivity index (χ0v) is 8.71. The zero-order chi connectivity index (χ0) is 9.68. The topological polar surface area (TPSA) is 26.3 Å². The molecular formula is C11H20O2. The molecule has 0 heterocycles. The Morgan fingerprint density at radius 3 is 2.69 bits per heavy atom. The fraction of sp³-hybridized carbons (Fsp3) is 0.909. The molecule has 0 N–H and O–H groups in total. The Bertz CT molecular complexity index is 165. The molecule has 0 spiro atoms. The maximum atomic E-state index is 10.8. The van der Waals surface area contributed by atoms with Crippen molar-refractivity contribution in [3.8, 4) is 0 Å². The lowest BCUT2D eigenvalue weighted by atomic mass is 9.85. The summed E-state index contributed by atoms with van der Waals surface area (Å²) in [4.78, 5) is 10.8. The lowest BCUT2D eigenvalue weighted by molar-refractivity contribution is -0.125. The second-order valence-electron chi connectivity index (χ2n) is 4.00. The lowest BCUT2D eigenvalue weighted by Gasteiger charge is -2.30. The number of ether oxygens (including phenoxy) is 1. The molecule has 2 nitrogen and oxygen atoms in total. The van der Waals surface area contributed by atoms with Crippen molar-refractivity contribution in [2.45, 2.75) is 52.1 Å². The van der Waals surface area contributed by atoms with Crippen LogP contribution in [0.2, 0.25) is 0 Å². The van der Waals surface area contributed by atoms with Crippen molar-refractivity contribution in [3.63, 3.8) is 0 Å². The highest BCUT2D eigenvalue weighted by atomic mass is 16.5. The number of ketones is 1. The molecule has 0 aliphatic heterocycles. The van der Waals surface area contributed by atoms with Crippen LogP contribution in [-0.4, -0.2) is 18.5 Å². The van der Waals surface area contributed by atoms with E-state index in [0.717, 1.165) is 6.42 Å². The highest BCUT2D eigenvalue weighted by Gasteiger charge is 2.24. The van der Waals surface area contributed by atoms with Crippen molar-refractivity contribution in [1.29, 1.82) is 0 Å². The third-order valence-electron chi connectivity index (χ3n) is 2.86. The van der Waals surface area contributed by atoms with Crippen molar-refractivity contribution >= 4 is 5.78 Å². The Morgan fingerprint density at radius 1 is 1.38 bits per heavy atom. The highest BCUT2D eigenvalue weighted by Crippen LogP contribution is 2.28. The van der Waals surface area contributed by atoms with Gasteiger partial charge >= 0.3 is 0 Å². The van der Waals surface area contributed by atoms with Gasteiger partial charge in [-0.2, -0.15) is 0 Å². The molecule has 0 aromatic rings. The molecule has 76 valence electrons. The Morgan fingerprint density at radius 2 is 2.08 bits per heavy atom. The van der Waals surface area contributed by atoms with E-state index in [9.17, 15) is 4.79 Å². The van der Waals surface area contributed by atoms with Gasteiger partial charge in [-0.05, 0) is 25.7 Å². The molecule has 0 amide bonds. The second-order valence-corrected chi connectivity index (χ2v) is 4.00. The predicted molar refractivity (Wildman–Crippen MR) is 52.7 cm³/mol. The summed E-state index contributed by atoms with van der Waals surface area (Å²) in [7, 11) is 0. The summed E-state index contributed by atoms with van der Waals surface area (Å²) in [6, 6.07) is 0. The van der Waals surface area contributed by atoms with Crippen LogP contribution in [0, 0.1) is 5.92 Å². The first-order valence-corrected chi connectivity index (χ1v) is 5.35. The van der Waals surface area contributed by atoms with E-state index in [1.165, 1.54) is 25.7 Å². The molecule has 0 bridgehead atoms. The molecular weight excluding hydrogens is 164 g/mol. The maximum Gasteiger partial charge on any atom is 0.155 e. The van der Waals surface area contributed by atoms with Crippen LogP contribution in [0.3, 0.4) is 0 Å². The minimum atomic E-state index is 0.139. The van der Waals surface area contributed by atoms with Gasteiger partial charge in [-0.3, -0.25) is 4.79 Å². The fourth-order valence-electron chi connectivity index (χ4n) is 2.08. The summed E-state index contributed by atoms with van der Waals surface area (Å²) < 4.78 is 5.60. The largest absolute Gasteiger partial charge is 0.370 e. The normalized spacial score (nSPS) is 28.8. The van der Waals surface area contributed by atoms with Crippen LogP contribution in [0.5, 0.6) is 0 Å². The SMILES string of the molecule is CCC1CCCCC1OCC(C)=O. The molecule has 1 fully saturated rings. The van der Waals surface area contributed by atoms with Crippen molar-refractivity contribution in [2.75, 3.05) is 6.61 Å². The van der Waals surface area contributed by atoms with Gasteiger partial charge in [-0.15, -0.1) is 0 Å². The number of carbonyl (C=O) groups excluding carboxylic acids is 1. The fourth-order valence-corrected chi connectivity index (χ4v) is 2.08. The summed E-state index contributed by atoms with van der Waals surface area (Å²) in [5.41, 5.74) is 0. The second kappa shape index (κ2) is 5.38. The van der Waals surface area contributed by atoms with Crippen LogP contribution in [0.25, 0.3) is 0 Å². The zero-order valence-electron chi connectivity index (χ0n) is 8.71. The molecule has 0 aromatic heterocycles. The minimum Gasteiger partial charge on any atom is -0.370 e. The highest BCUT2D eigenvalue weighted by molar-refractivity contribution is 5.76. The Kier molecular flexibility index (Phi) is 4.43. The van der Waals surface area contributed by atoms with Crippen molar-refractivity contribution < 1.29 is 9.53 Å². The predicted octanol–water partition coefficient (Wildman–Crippen LogP) is 2.56. The van der Waals surface area contributed by atoms with Crippen LogP contribution in [0.4, 0.5) is 0 Å². The molecule has 2 heteroatoms. The smallest absolute Gasteiger partial charge is 0.155 e. The van der Waals surface area contributed by atoms with Gasteiger partial charge in [0.05, 0.1) is 6.10 Å². The third-order valence-corrected chi connectivity index (χ3v) is 2.86. The van der Waals surface area contributed by atoms with Crippen molar-refractivity contribution in [3.05, 3.63) is 0 Å². The van der Waals surface area contributed by atoms with Gasteiger partial charge in [-0.1, -0.05) is 26.2 Å². The number of rotatable bonds is 4. The molecule has 1 saturated carbocycles. The summed E-state index contributed by atoms with van der Waals surface area (Å²) in [6.45, 7) is 4.10. The van der Waals surface area contributed by atoms with Crippen LogP contribution in [0.15, 0.2) is 0 Å². The summed E-state index contributed by atoms with van der Waals surface area (Å²) >= 11 is 0. The van der Waals surface area contributed by atoms with Crippen molar-refractivity contribution in [1.82, 2.24) is 0 Å².